The fraction of sp³-hybridized carbons (Fsp3) is 0.318. The number of nitrogens with one attached hydrogen (secondary N) is 1. The summed E-state index contributed by atoms with van der Waals surface area (Å²) in [5.74, 6) is -1.91. The molecular formula is C22H25F2N5O2. The molecule has 3 rings (SSSR count). The summed E-state index contributed by atoms with van der Waals surface area (Å²) in [6.45, 7) is 3.67. The number of amides is 1. The van der Waals surface area contributed by atoms with Crippen molar-refractivity contribution >= 4 is 11.6 Å². The molecular weight excluding hydrogens is 404 g/mol. The fourth-order valence-corrected chi connectivity index (χ4v) is 3.44. The van der Waals surface area contributed by atoms with Gasteiger partial charge >= 0.3 is 0 Å². The molecule has 1 heterocycles. The van der Waals surface area contributed by atoms with Crippen LogP contribution in [0.5, 0.6) is 0 Å². The van der Waals surface area contributed by atoms with Crippen molar-refractivity contribution in [3.8, 4) is 0 Å². The van der Waals surface area contributed by atoms with Crippen LogP contribution in [0, 0.1) is 25.5 Å². The van der Waals surface area contributed by atoms with E-state index in [4.69, 9.17) is 0 Å². The van der Waals surface area contributed by atoms with E-state index in [1.54, 1.807) is 11.9 Å². The maximum atomic E-state index is 14.5. The molecule has 0 bridgehead atoms. The van der Waals surface area contributed by atoms with Gasteiger partial charge in [-0.15, -0.1) is 0 Å². The van der Waals surface area contributed by atoms with Crippen LogP contribution in [0.3, 0.4) is 0 Å². The molecule has 0 fully saturated rings. The van der Waals surface area contributed by atoms with Crippen molar-refractivity contribution in [3.05, 3.63) is 77.4 Å². The average Bonchev–Trinajstić information content (AvgIpc) is 3.16. The zero-order valence-electron chi connectivity index (χ0n) is 17.6. The molecule has 0 aliphatic heterocycles. The Morgan fingerprint density at radius 2 is 1.97 bits per heavy atom. The molecule has 2 N–H and O–H groups in total. The zero-order valence-corrected chi connectivity index (χ0v) is 17.6. The second kappa shape index (κ2) is 9.32. The van der Waals surface area contributed by atoms with Gasteiger partial charge in [0.05, 0.1) is 13.1 Å². The van der Waals surface area contributed by atoms with Crippen molar-refractivity contribution in [2.24, 2.45) is 0 Å². The summed E-state index contributed by atoms with van der Waals surface area (Å²) in [4.78, 5) is 17.9. The predicted molar refractivity (Wildman–Crippen MR) is 112 cm³/mol. The Morgan fingerprint density at radius 3 is 2.61 bits per heavy atom. The number of likely N-dealkylation sites (N-methyl/N-ethyl adjacent to an activating group) is 1. The lowest BCUT2D eigenvalue weighted by Gasteiger charge is -2.33. The number of hydrogen-bond donors (Lipinski definition) is 2. The molecule has 164 valence electrons. The van der Waals surface area contributed by atoms with Crippen LogP contribution < -0.4 is 5.32 Å². The van der Waals surface area contributed by atoms with Crippen LogP contribution in [-0.2, 0) is 16.9 Å². The molecule has 0 saturated carbocycles. The van der Waals surface area contributed by atoms with Crippen molar-refractivity contribution in [2.45, 2.75) is 26.0 Å². The number of carbonyl (C=O) groups excluding carboxylic acids is 1. The lowest BCUT2D eigenvalue weighted by Crippen LogP contribution is -2.45. The summed E-state index contributed by atoms with van der Waals surface area (Å²) in [5, 5.41) is 18.1. The molecule has 9 heteroatoms. The van der Waals surface area contributed by atoms with E-state index in [-0.39, 0.29) is 31.1 Å². The van der Waals surface area contributed by atoms with E-state index in [9.17, 15) is 18.7 Å². The maximum absolute atomic E-state index is 14.5. The maximum Gasteiger partial charge on any atom is 0.238 e. The molecule has 3 aromatic rings. The highest BCUT2D eigenvalue weighted by Crippen LogP contribution is 2.27. The number of anilines is 1. The van der Waals surface area contributed by atoms with Crippen LogP contribution in [-0.4, -0.2) is 50.8 Å². The largest absolute Gasteiger partial charge is 0.382 e. The first-order valence-electron chi connectivity index (χ1n) is 9.72. The van der Waals surface area contributed by atoms with Crippen LogP contribution in [0.1, 0.15) is 16.7 Å². The molecule has 1 unspecified atom stereocenters. The second-order valence-corrected chi connectivity index (χ2v) is 7.77. The second-order valence-electron chi connectivity index (χ2n) is 7.77. The van der Waals surface area contributed by atoms with Gasteiger partial charge in [0.1, 0.15) is 29.9 Å². The Hall–Kier alpha value is -3.17. The summed E-state index contributed by atoms with van der Waals surface area (Å²) < 4.78 is 29.3. The van der Waals surface area contributed by atoms with E-state index >= 15 is 0 Å². The number of aryl methyl sites for hydroxylation is 2. The third-order valence-electron chi connectivity index (χ3n) is 5.06. The van der Waals surface area contributed by atoms with Gasteiger partial charge in [0, 0.05) is 23.9 Å². The summed E-state index contributed by atoms with van der Waals surface area (Å²) in [6.07, 6.45) is 2.68. The smallest absolute Gasteiger partial charge is 0.238 e. The molecule has 1 atom stereocenters. The van der Waals surface area contributed by atoms with Gasteiger partial charge < -0.3 is 10.4 Å². The molecule has 0 aliphatic carbocycles. The number of carbonyl (C=O) groups is 1. The number of aromatic nitrogens is 3. The highest BCUT2D eigenvalue weighted by Gasteiger charge is 2.35. The van der Waals surface area contributed by atoms with Crippen molar-refractivity contribution < 1.29 is 18.7 Å². The van der Waals surface area contributed by atoms with Gasteiger partial charge in [-0.1, -0.05) is 12.1 Å². The molecule has 0 spiro atoms. The number of aliphatic hydroxyl groups is 1. The Balaban J connectivity index is 1.75. The molecule has 7 nitrogen and oxygen atoms in total. The molecule has 1 amide bonds. The summed E-state index contributed by atoms with van der Waals surface area (Å²) >= 11 is 0. The van der Waals surface area contributed by atoms with Gasteiger partial charge in [-0.3, -0.25) is 9.69 Å². The number of benzene rings is 2. The highest BCUT2D eigenvalue weighted by molar-refractivity contribution is 5.92. The number of nitrogens with zero attached hydrogens (tertiary/aromatic N) is 4. The van der Waals surface area contributed by atoms with Gasteiger partial charge in [0.25, 0.3) is 0 Å². The average molecular weight is 429 g/mol. The third-order valence-corrected chi connectivity index (χ3v) is 5.06. The van der Waals surface area contributed by atoms with Gasteiger partial charge in [-0.05, 0) is 50.2 Å². The van der Waals surface area contributed by atoms with E-state index in [0.717, 1.165) is 17.2 Å². The Morgan fingerprint density at radius 1 is 1.19 bits per heavy atom. The molecule has 31 heavy (non-hydrogen) atoms. The Kier molecular flexibility index (Phi) is 6.77. The van der Waals surface area contributed by atoms with E-state index in [2.05, 4.69) is 15.4 Å². The number of hydrogen-bond acceptors (Lipinski definition) is 5. The summed E-state index contributed by atoms with van der Waals surface area (Å²) in [6, 6.07) is 8.61. The Bertz CT molecular complexity index is 1060. The monoisotopic (exact) mass is 429 g/mol. The van der Waals surface area contributed by atoms with E-state index in [0.29, 0.717) is 11.8 Å². The first kappa shape index (κ1) is 22.5. The van der Waals surface area contributed by atoms with Crippen molar-refractivity contribution in [1.29, 1.82) is 0 Å². The molecule has 0 radical (unpaired) electrons. The van der Waals surface area contributed by atoms with Gasteiger partial charge in [-0.25, -0.2) is 18.4 Å². The zero-order chi connectivity index (χ0) is 22.6. The van der Waals surface area contributed by atoms with E-state index < -0.39 is 17.2 Å². The van der Waals surface area contributed by atoms with Crippen LogP contribution >= 0.6 is 0 Å². The van der Waals surface area contributed by atoms with Crippen LogP contribution in [0.2, 0.25) is 0 Å². The lowest BCUT2D eigenvalue weighted by atomic mass is 9.92. The molecule has 2 aromatic carbocycles. The van der Waals surface area contributed by atoms with E-state index in [1.807, 2.05) is 32.0 Å². The predicted octanol–water partition coefficient (Wildman–Crippen LogP) is 2.63. The van der Waals surface area contributed by atoms with Crippen LogP contribution in [0.25, 0.3) is 0 Å². The van der Waals surface area contributed by atoms with Crippen molar-refractivity contribution in [1.82, 2.24) is 19.7 Å². The summed E-state index contributed by atoms with van der Waals surface area (Å²) in [5.41, 5.74) is 0.977. The van der Waals surface area contributed by atoms with Crippen molar-refractivity contribution in [3.63, 3.8) is 0 Å². The van der Waals surface area contributed by atoms with Gasteiger partial charge in [-0.2, -0.15) is 5.10 Å². The lowest BCUT2D eigenvalue weighted by molar-refractivity contribution is -0.118. The van der Waals surface area contributed by atoms with Gasteiger partial charge in [0.2, 0.25) is 5.91 Å². The van der Waals surface area contributed by atoms with Crippen LogP contribution in [0.15, 0.2) is 49.1 Å². The molecule has 1 aromatic heterocycles. The molecule has 0 aliphatic rings. The minimum Gasteiger partial charge on any atom is -0.382 e. The number of halogens is 2. The van der Waals surface area contributed by atoms with Gasteiger partial charge in [0.15, 0.2) is 0 Å². The standard InChI is InChI=1S/C22H25F2N5O2/c1-15-4-6-18(8-16(15)2)27-21(30)10-28(3)11-22(31,12-29-14-25-13-26-29)19-7-5-17(23)9-20(19)24/h4-9,13-14,31H,10-12H2,1-3H3,(H,27,30). The fourth-order valence-electron chi connectivity index (χ4n) is 3.44. The van der Waals surface area contributed by atoms with Crippen molar-refractivity contribution in [2.75, 3.05) is 25.5 Å². The number of rotatable bonds is 8. The SMILES string of the molecule is Cc1ccc(NC(=O)CN(C)CC(O)(Cn2cncn2)c2ccc(F)cc2F)cc1C. The Labute approximate surface area is 179 Å². The highest BCUT2D eigenvalue weighted by atomic mass is 19.1. The quantitative estimate of drug-likeness (QED) is 0.575. The molecule has 0 saturated heterocycles. The topological polar surface area (TPSA) is 83.3 Å². The van der Waals surface area contributed by atoms with E-state index in [1.165, 1.54) is 23.4 Å². The minimum atomic E-state index is -1.78. The minimum absolute atomic E-state index is 0.0462. The van der Waals surface area contributed by atoms with Crippen LogP contribution in [0.4, 0.5) is 14.5 Å². The normalized spacial score (nSPS) is 13.3. The first-order chi connectivity index (χ1) is 14.7. The third kappa shape index (κ3) is 5.71. The first-order valence-corrected chi connectivity index (χ1v) is 9.72. The summed E-state index contributed by atoms with van der Waals surface area (Å²) in [7, 11) is 1.63.